The maximum Gasteiger partial charge on any atom is 0.251 e. The molecule has 0 saturated carbocycles. The van der Waals surface area contributed by atoms with Crippen LogP contribution in [-0.2, 0) is 21.4 Å². The third-order valence-electron chi connectivity index (χ3n) is 7.09. The van der Waals surface area contributed by atoms with Gasteiger partial charge in [0.1, 0.15) is 17.2 Å². The molecule has 0 aromatic heterocycles. The van der Waals surface area contributed by atoms with E-state index in [-0.39, 0.29) is 18.5 Å². The highest BCUT2D eigenvalue weighted by Crippen LogP contribution is 2.38. The third kappa shape index (κ3) is 5.52. The van der Waals surface area contributed by atoms with Gasteiger partial charge in [0, 0.05) is 50.0 Å². The Morgan fingerprint density at radius 2 is 1.83 bits per heavy atom. The first-order valence-corrected chi connectivity index (χ1v) is 13.7. The van der Waals surface area contributed by atoms with Gasteiger partial charge in [0.2, 0.25) is 10.0 Å². The summed E-state index contributed by atoms with van der Waals surface area (Å²) < 4.78 is 43.6. The lowest BCUT2D eigenvalue weighted by atomic mass is 10.0. The summed E-state index contributed by atoms with van der Waals surface area (Å²) in [7, 11) is -3.64. The summed E-state index contributed by atoms with van der Waals surface area (Å²) in [4.78, 5) is 15.8. The Bertz CT molecular complexity index is 1140. The number of halogens is 1. The predicted molar refractivity (Wildman–Crippen MR) is 134 cm³/mol. The Morgan fingerprint density at radius 3 is 2.51 bits per heavy atom. The molecule has 7 nitrogen and oxygen atoms in total. The molecule has 2 aromatic rings. The van der Waals surface area contributed by atoms with Gasteiger partial charge >= 0.3 is 0 Å². The molecule has 2 unspecified atom stereocenters. The number of rotatable bonds is 5. The summed E-state index contributed by atoms with van der Waals surface area (Å²) >= 11 is 0. The monoisotopic (exact) mass is 503 g/mol. The van der Waals surface area contributed by atoms with Crippen molar-refractivity contribution in [3.8, 4) is 0 Å². The van der Waals surface area contributed by atoms with Gasteiger partial charge in [-0.05, 0) is 50.8 Å². The molecule has 0 radical (unpaired) electrons. The zero-order chi connectivity index (χ0) is 25.2. The van der Waals surface area contributed by atoms with E-state index in [1.807, 2.05) is 48.2 Å². The van der Waals surface area contributed by atoms with Crippen molar-refractivity contribution in [2.24, 2.45) is 0 Å². The number of aliphatic hydroxyl groups excluding tert-OH is 1. The van der Waals surface area contributed by atoms with Crippen LogP contribution in [0.4, 0.5) is 10.1 Å². The Kier molecular flexibility index (Phi) is 7.78. The molecule has 190 valence electrons. The second kappa shape index (κ2) is 10.6. The average Bonchev–Trinajstić information content (AvgIpc) is 3.08. The maximum absolute atomic E-state index is 15.2. The largest absolute Gasteiger partial charge is 0.384 e. The Balaban J connectivity index is 1.49. The number of sulfonamides is 1. The van der Waals surface area contributed by atoms with E-state index in [2.05, 4.69) is 0 Å². The molecule has 35 heavy (non-hydrogen) atoms. The van der Waals surface area contributed by atoms with Crippen molar-refractivity contribution >= 4 is 21.6 Å². The van der Waals surface area contributed by atoms with E-state index in [0.717, 1.165) is 5.56 Å². The van der Waals surface area contributed by atoms with Gasteiger partial charge in [0.15, 0.2) is 0 Å². The second-order valence-electron chi connectivity index (χ2n) is 9.53. The number of hydrogen-bond acceptors (Lipinski definition) is 5. The number of anilines is 1. The van der Waals surface area contributed by atoms with E-state index >= 15 is 4.39 Å². The summed E-state index contributed by atoms with van der Waals surface area (Å²) in [6.45, 7) is 5.54. The highest BCUT2D eigenvalue weighted by Gasteiger charge is 2.40. The van der Waals surface area contributed by atoms with E-state index in [1.165, 1.54) is 17.3 Å². The first-order valence-electron chi connectivity index (χ1n) is 12.2. The van der Waals surface area contributed by atoms with Crippen molar-refractivity contribution in [1.29, 1.82) is 0 Å². The predicted octanol–water partition coefficient (Wildman–Crippen LogP) is 3.30. The van der Waals surface area contributed by atoms with Gasteiger partial charge in [-0.2, -0.15) is 4.31 Å². The molecule has 2 aliphatic heterocycles. The maximum atomic E-state index is 15.2. The van der Waals surface area contributed by atoms with Gasteiger partial charge < -0.3 is 14.9 Å². The van der Waals surface area contributed by atoms with E-state index in [4.69, 9.17) is 0 Å². The molecular weight excluding hydrogens is 469 g/mol. The average molecular weight is 504 g/mol. The quantitative estimate of drug-likeness (QED) is 0.677. The number of nitrogens with zero attached hydrogens (tertiary/aromatic N) is 3. The fourth-order valence-corrected chi connectivity index (χ4v) is 7.23. The first kappa shape index (κ1) is 25.6. The molecule has 0 aliphatic carbocycles. The van der Waals surface area contributed by atoms with E-state index in [1.54, 1.807) is 11.0 Å². The van der Waals surface area contributed by atoms with E-state index in [9.17, 15) is 18.3 Å². The highest BCUT2D eigenvalue weighted by atomic mass is 32.2. The molecule has 2 saturated heterocycles. The summed E-state index contributed by atoms with van der Waals surface area (Å²) in [6.07, 6.45) is 0.947. The van der Waals surface area contributed by atoms with Crippen LogP contribution in [0, 0.1) is 5.82 Å². The zero-order valence-corrected chi connectivity index (χ0v) is 21.1. The van der Waals surface area contributed by atoms with Crippen LogP contribution in [0.3, 0.4) is 0 Å². The minimum Gasteiger partial charge on any atom is -0.384 e. The molecule has 1 amide bonds. The molecule has 2 heterocycles. The summed E-state index contributed by atoms with van der Waals surface area (Å²) in [5, 5.41) is 8.97. The number of benzene rings is 2. The van der Waals surface area contributed by atoms with Gasteiger partial charge in [-0.15, -0.1) is 0 Å². The smallest absolute Gasteiger partial charge is 0.251 e. The highest BCUT2D eigenvalue weighted by molar-refractivity contribution is 7.89. The van der Waals surface area contributed by atoms with Gasteiger partial charge in [0.05, 0.1) is 0 Å². The lowest BCUT2D eigenvalue weighted by Crippen LogP contribution is -2.44. The van der Waals surface area contributed by atoms with Crippen LogP contribution in [0.1, 0.15) is 49.5 Å². The lowest BCUT2D eigenvalue weighted by Gasteiger charge is -2.37. The SMILES string of the molecule is CC(O)C(=O)N1CCCN(c2ccc(CN3[C@@H](C)CCC(c4ccccc4)S3(=O)=O)c(F)c2)CC1. The molecule has 0 bridgehead atoms. The van der Waals surface area contributed by atoms with Crippen LogP contribution in [0.15, 0.2) is 48.5 Å². The summed E-state index contributed by atoms with van der Waals surface area (Å²) in [6, 6.07) is 14.0. The number of carbonyl (C=O) groups excluding carboxylic acids is 1. The molecule has 9 heteroatoms. The number of amides is 1. The van der Waals surface area contributed by atoms with Crippen molar-refractivity contribution in [2.45, 2.75) is 57.1 Å². The van der Waals surface area contributed by atoms with Crippen LogP contribution in [0.2, 0.25) is 0 Å². The van der Waals surface area contributed by atoms with Crippen molar-refractivity contribution < 1.29 is 22.7 Å². The first-order chi connectivity index (χ1) is 16.7. The van der Waals surface area contributed by atoms with Crippen LogP contribution < -0.4 is 4.90 Å². The Labute approximate surface area is 207 Å². The third-order valence-corrected chi connectivity index (χ3v) is 9.46. The normalized spacial score (nSPS) is 24.1. The minimum absolute atomic E-state index is 0.00435. The van der Waals surface area contributed by atoms with Gasteiger partial charge in [-0.3, -0.25) is 4.79 Å². The van der Waals surface area contributed by atoms with Gasteiger partial charge in [0.25, 0.3) is 5.91 Å². The summed E-state index contributed by atoms with van der Waals surface area (Å²) in [5.74, 6) is -0.730. The summed E-state index contributed by atoms with van der Waals surface area (Å²) in [5.41, 5.74) is 1.82. The molecule has 4 rings (SSSR count). The van der Waals surface area contributed by atoms with Crippen LogP contribution in [0.25, 0.3) is 0 Å². The molecule has 1 N–H and O–H groups in total. The zero-order valence-electron chi connectivity index (χ0n) is 20.3. The molecule has 2 fully saturated rings. The standard InChI is InChI=1S/C26H34FN3O4S/c1-19-9-12-25(21-7-4-3-5-8-21)35(33,34)30(19)18-22-10-11-23(17-24(22)27)28-13-6-14-29(16-15-28)26(32)20(2)31/h3-5,7-8,10-11,17,19-20,25,31H,6,9,12-16,18H2,1-2H3/t19-,20?,25?/m0/s1. The molecule has 2 aromatic carbocycles. The van der Waals surface area contributed by atoms with Crippen LogP contribution >= 0.6 is 0 Å². The van der Waals surface area contributed by atoms with Gasteiger partial charge in [-0.1, -0.05) is 36.4 Å². The van der Waals surface area contributed by atoms with E-state index in [0.29, 0.717) is 56.7 Å². The van der Waals surface area contributed by atoms with Crippen molar-refractivity contribution in [3.05, 3.63) is 65.5 Å². The molecule has 3 atom stereocenters. The van der Waals surface area contributed by atoms with Crippen molar-refractivity contribution in [3.63, 3.8) is 0 Å². The Morgan fingerprint density at radius 1 is 1.09 bits per heavy atom. The van der Waals surface area contributed by atoms with Crippen LogP contribution in [-0.4, -0.2) is 67.0 Å². The lowest BCUT2D eigenvalue weighted by molar-refractivity contribution is -0.139. The topological polar surface area (TPSA) is 81.2 Å². The number of aliphatic hydroxyl groups is 1. The van der Waals surface area contributed by atoms with Gasteiger partial charge in [-0.25, -0.2) is 12.8 Å². The van der Waals surface area contributed by atoms with E-state index < -0.39 is 27.2 Å². The molecule has 2 aliphatic rings. The molecule has 0 spiro atoms. The second-order valence-corrected chi connectivity index (χ2v) is 11.6. The van der Waals surface area contributed by atoms with Crippen LogP contribution in [0.5, 0.6) is 0 Å². The fourth-order valence-electron chi connectivity index (χ4n) is 5.04. The fraction of sp³-hybridized carbons (Fsp3) is 0.500. The number of hydrogen-bond donors (Lipinski definition) is 1. The number of carbonyl (C=O) groups is 1. The van der Waals surface area contributed by atoms with Crippen molar-refractivity contribution in [1.82, 2.24) is 9.21 Å². The molecular formula is C26H34FN3O4S. The Hall–Kier alpha value is -2.49. The minimum atomic E-state index is -3.64. The van der Waals surface area contributed by atoms with Crippen molar-refractivity contribution in [2.75, 3.05) is 31.1 Å².